The van der Waals surface area contributed by atoms with E-state index in [4.69, 9.17) is 4.74 Å². The van der Waals surface area contributed by atoms with Gasteiger partial charge in [0, 0.05) is 12.4 Å². The Hall–Kier alpha value is -2.17. The molecular formula is C17H20N2O3. The van der Waals surface area contributed by atoms with E-state index >= 15 is 0 Å². The summed E-state index contributed by atoms with van der Waals surface area (Å²) >= 11 is 0. The molecule has 0 N–H and O–H groups in total. The highest BCUT2D eigenvalue weighted by Gasteiger charge is 2.20. The molecule has 5 nitrogen and oxygen atoms in total. The third kappa shape index (κ3) is 3.18. The average Bonchev–Trinajstić information content (AvgIpc) is 2.50. The van der Waals surface area contributed by atoms with E-state index < -0.39 is 5.97 Å². The zero-order valence-corrected chi connectivity index (χ0v) is 12.5. The van der Waals surface area contributed by atoms with Gasteiger partial charge in [0.1, 0.15) is 17.3 Å². The molecule has 0 radical (unpaired) electrons. The second kappa shape index (κ2) is 6.73. The normalized spacial score (nSPS) is 16.9. The Morgan fingerprint density at radius 1 is 1.14 bits per heavy atom. The number of aromatic nitrogens is 2. The van der Waals surface area contributed by atoms with Gasteiger partial charge < -0.3 is 4.74 Å². The van der Waals surface area contributed by atoms with Crippen molar-refractivity contribution in [3.63, 3.8) is 0 Å². The first kappa shape index (κ1) is 14.8. The summed E-state index contributed by atoms with van der Waals surface area (Å²) in [5, 5.41) is 0. The van der Waals surface area contributed by atoms with Crippen LogP contribution < -0.4 is 5.56 Å². The fourth-order valence-corrected chi connectivity index (χ4v) is 2.92. The zero-order valence-electron chi connectivity index (χ0n) is 12.5. The molecule has 0 bridgehead atoms. The number of nitrogens with zero attached hydrogens (tertiary/aromatic N) is 2. The molecule has 2 heterocycles. The van der Waals surface area contributed by atoms with Crippen molar-refractivity contribution < 1.29 is 9.53 Å². The molecule has 2 aromatic rings. The summed E-state index contributed by atoms with van der Waals surface area (Å²) in [7, 11) is 0. The van der Waals surface area contributed by atoms with Gasteiger partial charge in [0.15, 0.2) is 0 Å². The number of carbonyl (C=O) groups is 1. The van der Waals surface area contributed by atoms with Crippen LogP contribution in [0.4, 0.5) is 0 Å². The standard InChI is InChI=1S/C17H20N2O3/c20-16-14(12-18-15-10-6-7-11-19(15)16)17(21)22-13-8-4-2-1-3-5-9-13/h6-7,10-13H,1-5,8-9H2. The van der Waals surface area contributed by atoms with E-state index in [0.717, 1.165) is 25.7 Å². The Morgan fingerprint density at radius 3 is 2.64 bits per heavy atom. The summed E-state index contributed by atoms with van der Waals surface area (Å²) in [6.07, 6.45) is 10.4. The van der Waals surface area contributed by atoms with Crippen molar-refractivity contribution in [3.8, 4) is 0 Å². The Kier molecular flexibility index (Phi) is 4.51. The van der Waals surface area contributed by atoms with Gasteiger partial charge in [-0.1, -0.05) is 25.3 Å². The lowest BCUT2D eigenvalue weighted by atomic mass is 9.98. The van der Waals surface area contributed by atoms with E-state index in [1.165, 1.54) is 29.9 Å². The Labute approximate surface area is 128 Å². The van der Waals surface area contributed by atoms with Crippen LogP contribution in [0.3, 0.4) is 0 Å². The van der Waals surface area contributed by atoms with Crippen LogP contribution in [-0.2, 0) is 4.74 Å². The molecule has 0 amide bonds. The van der Waals surface area contributed by atoms with Gasteiger partial charge in [0.05, 0.1) is 0 Å². The minimum Gasteiger partial charge on any atom is -0.459 e. The van der Waals surface area contributed by atoms with Gasteiger partial charge in [0.25, 0.3) is 5.56 Å². The minimum atomic E-state index is -0.554. The van der Waals surface area contributed by atoms with Gasteiger partial charge in [-0.25, -0.2) is 9.78 Å². The van der Waals surface area contributed by atoms with Crippen molar-refractivity contribution in [3.05, 3.63) is 46.5 Å². The number of rotatable bonds is 2. The number of carbonyl (C=O) groups excluding carboxylic acids is 1. The van der Waals surface area contributed by atoms with E-state index in [1.54, 1.807) is 24.4 Å². The largest absolute Gasteiger partial charge is 0.459 e. The summed E-state index contributed by atoms with van der Waals surface area (Å²) < 4.78 is 6.92. The molecule has 1 aliphatic rings. The third-order valence-corrected chi connectivity index (χ3v) is 4.16. The topological polar surface area (TPSA) is 60.7 Å². The number of hydrogen-bond donors (Lipinski definition) is 0. The first-order valence-corrected chi connectivity index (χ1v) is 7.93. The fourth-order valence-electron chi connectivity index (χ4n) is 2.92. The van der Waals surface area contributed by atoms with Crippen molar-refractivity contribution in [1.29, 1.82) is 0 Å². The molecule has 116 valence electrons. The Morgan fingerprint density at radius 2 is 1.86 bits per heavy atom. The Bertz CT molecular complexity index is 715. The lowest BCUT2D eigenvalue weighted by Gasteiger charge is -2.20. The predicted octanol–water partition coefficient (Wildman–Crippen LogP) is 2.96. The summed E-state index contributed by atoms with van der Waals surface area (Å²) in [6, 6.07) is 5.26. The SMILES string of the molecule is O=C(OC1CCCCCCC1)c1cnc2ccccn2c1=O. The quantitative estimate of drug-likeness (QED) is 0.800. The van der Waals surface area contributed by atoms with Gasteiger partial charge in [-0.2, -0.15) is 0 Å². The van der Waals surface area contributed by atoms with E-state index in [9.17, 15) is 9.59 Å². The zero-order chi connectivity index (χ0) is 15.4. The molecule has 1 saturated carbocycles. The highest BCUT2D eigenvalue weighted by molar-refractivity contribution is 5.89. The molecule has 3 rings (SSSR count). The molecule has 0 unspecified atom stereocenters. The molecule has 5 heteroatoms. The highest BCUT2D eigenvalue weighted by Crippen LogP contribution is 2.20. The fraction of sp³-hybridized carbons (Fsp3) is 0.471. The minimum absolute atomic E-state index is 0.00533. The van der Waals surface area contributed by atoms with E-state index in [2.05, 4.69) is 4.98 Å². The van der Waals surface area contributed by atoms with Gasteiger partial charge in [-0.3, -0.25) is 9.20 Å². The summed E-state index contributed by atoms with van der Waals surface area (Å²) in [5.41, 5.74) is 0.155. The summed E-state index contributed by atoms with van der Waals surface area (Å²) in [6.45, 7) is 0. The van der Waals surface area contributed by atoms with E-state index in [0.29, 0.717) is 5.65 Å². The maximum Gasteiger partial charge on any atom is 0.345 e. The summed E-state index contributed by atoms with van der Waals surface area (Å²) in [4.78, 5) is 28.8. The first-order valence-electron chi connectivity index (χ1n) is 7.93. The van der Waals surface area contributed by atoms with Crippen LogP contribution in [0.25, 0.3) is 5.65 Å². The van der Waals surface area contributed by atoms with Gasteiger partial charge in [0.2, 0.25) is 0 Å². The lowest BCUT2D eigenvalue weighted by molar-refractivity contribution is 0.0236. The molecule has 22 heavy (non-hydrogen) atoms. The molecule has 0 atom stereocenters. The first-order chi connectivity index (χ1) is 10.8. The van der Waals surface area contributed by atoms with Crippen molar-refractivity contribution in [1.82, 2.24) is 9.38 Å². The summed E-state index contributed by atoms with van der Waals surface area (Å²) in [5.74, 6) is -0.554. The molecule has 0 aliphatic heterocycles. The van der Waals surface area contributed by atoms with Crippen molar-refractivity contribution in [2.24, 2.45) is 0 Å². The smallest absolute Gasteiger partial charge is 0.345 e. The van der Waals surface area contributed by atoms with Crippen LogP contribution in [0.1, 0.15) is 55.3 Å². The molecule has 0 spiro atoms. The molecular weight excluding hydrogens is 280 g/mol. The van der Waals surface area contributed by atoms with Crippen LogP contribution in [0.5, 0.6) is 0 Å². The molecule has 0 aromatic carbocycles. The van der Waals surface area contributed by atoms with Crippen LogP contribution in [0, 0.1) is 0 Å². The van der Waals surface area contributed by atoms with Crippen molar-refractivity contribution in [2.75, 3.05) is 0 Å². The molecule has 1 fully saturated rings. The van der Waals surface area contributed by atoms with Crippen molar-refractivity contribution >= 4 is 11.6 Å². The Balaban J connectivity index is 1.79. The molecule has 2 aromatic heterocycles. The number of pyridine rings is 1. The lowest BCUT2D eigenvalue weighted by Crippen LogP contribution is -2.27. The highest BCUT2D eigenvalue weighted by atomic mass is 16.5. The van der Waals surface area contributed by atoms with Crippen LogP contribution >= 0.6 is 0 Å². The third-order valence-electron chi connectivity index (χ3n) is 4.16. The van der Waals surface area contributed by atoms with Crippen LogP contribution in [0.2, 0.25) is 0 Å². The van der Waals surface area contributed by atoms with Gasteiger partial charge in [-0.15, -0.1) is 0 Å². The average molecular weight is 300 g/mol. The van der Waals surface area contributed by atoms with Gasteiger partial charge >= 0.3 is 5.97 Å². The van der Waals surface area contributed by atoms with Crippen LogP contribution in [0.15, 0.2) is 35.4 Å². The predicted molar refractivity (Wildman–Crippen MR) is 83.0 cm³/mol. The second-order valence-corrected chi connectivity index (χ2v) is 5.78. The van der Waals surface area contributed by atoms with Crippen molar-refractivity contribution in [2.45, 2.75) is 51.0 Å². The van der Waals surface area contributed by atoms with Gasteiger partial charge in [-0.05, 0) is 37.8 Å². The second-order valence-electron chi connectivity index (χ2n) is 5.78. The number of fused-ring (bicyclic) bond motifs is 1. The van der Waals surface area contributed by atoms with Crippen LogP contribution in [-0.4, -0.2) is 21.5 Å². The van der Waals surface area contributed by atoms with E-state index in [-0.39, 0.29) is 17.2 Å². The van der Waals surface area contributed by atoms with E-state index in [1.807, 2.05) is 0 Å². The number of esters is 1. The maximum atomic E-state index is 12.4. The number of hydrogen-bond acceptors (Lipinski definition) is 4. The maximum absolute atomic E-state index is 12.4. The monoisotopic (exact) mass is 300 g/mol. The molecule has 1 aliphatic carbocycles. The molecule has 0 saturated heterocycles. The number of ether oxygens (including phenoxy) is 1.